The van der Waals surface area contributed by atoms with Crippen LogP contribution in [0, 0.1) is 17.3 Å². The molecule has 0 spiro atoms. The van der Waals surface area contributed by atoms with Gasteiger partial charge in [0, 0.05) is 5.92 Å². The van der Waals surface area contributed by atoms with Gasteiger partial charge in [-0.3, -0.25) is 4.79 Å². The van der Waals surface area contributed by atoms with E-state index in [4.69, 9.17) is 9.47 Å². The van der Waals surface area contributed by atoms with E-state index in [9.17, 15) is 30.3 Å². The Kier molecular flexibility index (Phi) is 6.53. The van der Waals surface area contributed by atoms with Gasteiger partial charge in [-0.15, -0.1) is 0 Å². The molecule has 2 aliphatic carbocycles. The molecule has 29 heavy (non-hydrogen) atoms. The van der Waals surface area contributed by atoms with Crippen molar-refractivity contribution in [3.8, 4) is 0 Å². The highest BCUT2D eigenvalue weighted by atomic mass is 16.7. The third kappa shape index (κ3) is 4.02. The minimum Gasteiger partial charge on any atom is -0.470 e. The van der Waals surface area contributed by atoms with E-state index in [0.29, 0.717) is 24.8 Å². The van der Waals surface area contributed by atoms with Crippen LogP contribution in [-0.2, 0) is 14.3 Å². The van der Waals surface area contributed by atoms with Crippen molar-refractivity contribution in [1.82, 2.24) is 0 Å². The molecule has 8 heteroatoms. The van der Waals surface area contributed by atoms with Gasteiger partial charge >= 0.3 is 0 Å². The predicted octanol–water partition coefficient (Wildman–Crippen LogP) is 0.0192. The molecule has 8 nitrogen and oxygen atoms in total. The van der Waals surface area contributed by atoms with E-state index in [1.807, 2.05) is 6.92 Å². The number of allylic oxidation sites excluding steroid dienone is 3. The second-order valence-corrected chi connectivity index (χ2v) is 8.84. The van der Waals surface area contributed by atoms with Crippen molar-refractivity contribution in [1.29, 1.82) is 0 Å². The van der Waals surface area contributed by atoms with Gasteiger partial charge in [-0.25, -0.2) is 0 Å². The standard InChI is InChI=1S/C21H32O8/c1-10(9-28-20-19(27)18(26)17(25)16(8-22)29-20)13-7-21(3)11(2)14(23)5-4-12(21)6-15(13)24/h6,9,11,13-14,16-20,22-23,25-27H,4-5,7-8H2,1-3H3/b10-9+/t11-,13-,14+,16+,17+,18-,19+,20+,21+/m0/s1. The highest BCUT2D eigenvalue weighted by molar-refractivity contribution is 5.95. The molecule has 0 aromatic heterocycles. The Morgan fingerprint density at radius 3 is 2.62 bits per heavy atom. The summed E-state index contributed by atoms with van der Waals surface area (Å²) in [5, 5.41) is 49.4. The normalized spacial score (nSPS) is 46.1. The Morgan fingerprint density at radius 1 is 1.28 bits per heavy atom. The molecule has 1 saturated heterocycles. The molecule has 1 aliphatic heterocycles. The lowest BCUT2D eigenvalue weighted by atomic mass is 9.57. The average molecular weight is 412 g/mol. The van der Waals surface area contributed by atoms with Crippen LogP contribution in [0.1, 0.15) is 40.0 Å². The zero-order chi connectivity index (χ0) is 21.5. The maximum absolute atomic E-state index is 12.7. The Morgan fingerprint density at radius 2 is 1.97 bits per heavy atom. The summed E-state index contributed by atoms with van der Waals surface area (Å²) in [6.07, 6.45) is -2.27. The number of aliphatic hydroxyl groups is 5. The first-order chi connectivity index (χ1) is 13.6. The fourth-order valence-corrected chi connectivity index (χ4v) is 4.73. The van der Waals surface area contributed by atoms with Gasteiger partial charge in [0.25, 0.3) is 0 Å². The van der Waals surface area contributed by atoms with Crippen LogP contribution in [0.25, 0.3) is 0 Å². The third-order valence-electron chi connectivity index (χ3n) is 7.10. The molecule has 0 aromatic carbocycles. The number of carbonyl (C=O) groups excluding carboxylic acids is 1. The van der Waals surface area contributed by atoms with E-state index < -0.39 is 49.3 Å². The molecule has 3 rings (SSSR count). The molecule has 1 saturated carbocycles. The molecule has 0 unspecified atom stereocenters. The summed E-state index contributed by atoms with van der Waals surface area (Å²) in [5.41, 5.74) is 1.43. The second-order valence-electron chi connectivity index (χ2n) is 8.84. The van der Waals surface area contributed by atoms with E-state index in [-0.39, 0.29) is 17.1 Å². The summed E-state index contributed by atoms with van der Waals surface area (Å²) in [6, 6.07) is 0. The van der Waals surface area contributed by atoms with Gasteiger partial charge < -0.3 is 35.0 Å². The maximum atomic E-state index is 12.7. The number of ketones is 1. The molecule has 5 N–H and O–H groups in total. The number of hydrogen-bond donors (Lipinski definition) is 5. The highest BCUT2D eigenvalue weighted by Gasteiger charge is 2.48. The molecular formula is C21H32O8. The zero-order valence-electron chi connectivity index (χ0n) is 17.1. The summed E-state index contributed by atoms with van der Waals surface area (Å²) < 4.78 is 10.8. The monoisotopic (exact) mass is 412 g/mol. The summed E-state index contributed by atoms with van der Waals surface area (Å²) >= 11 is 0. The second kappa shape index (κ2) is 8.45. The molecule has 2 fully saturated rings. The van der Waals surface area contributed by atoms with Gasteiger partial charge in [-0.05, 0) is 49.2 Å². The zero-order valence-corrected chi connectivity index (χ0v) is 17.1. The first-order valence-corrected chi connectivity index (χ1v) is 10.2. The van der Waals surface area contributed by atoms with Crippen LogP contribution in [-0.4, -0.2) is 74.7 Å². The van der Waals surface area contributed by atoms with Crippen LogP contribution in [0.2, 0.25) is 0 Å². The number of carbonyl (C=O) groups is 1. The molecule has 3 aliphatic rings. The van der Waals surface area contributed by atoms with E-state index >= 15 is 0 Å². The van der Waals surface area contributed by atoms with Crippen LogP contribution >= 0.6 is 0 Å². The predicted molar refractivity (Wildman–Crippen MR) is 102 cm³/mol. The molecule has 1 heterocycles. The van der Waals surface area contributed by atoms with Crippen molar-refractivity contribution in [2.24, 2.45) is 17.3 Å². The van der Waals surface area contributed by atoms with Crippen LogP contribution in [0.5, 0.6) is 0 Å². The van der Waals surface area contributed by atoms with Crippen LogP contribution < -0.4 is 0 Å². The third-order valence-corrected chi connectivity index (χ3v) is 7.10. The summed E-state index contributed by atoms with van der Waals surface area (Å²) in [6.45, 7) is 5.30. The van der Waals surface area contributed by atoms with Gasteiger partial charge in [0.15, 0.2) is 5.78 Å². The molecule has 9 atom stereocenters. The maximum Gasteiger partial charge on any atom is 0.228 e. The van der Waals surface area contributed by atoms with Crippen molar-refractivity contribution < 1.29 is 39.8 Å². The van der Waals surface area contributed by atoms with Crippen molar-refractivity contribution >= 4 is 5.78 Å². The highest BCUT2D eigenvalue weighted by Crippen LogP contribution is 2.52. The van der Waals surface area contributed by atoms with Crippen LogP contribution in [0.4, 0.5) is 0 Å². The average Bonchev–Trinajstić information content (AvgIpc) is 2.70. The summed E-state index contributed by atoms with van der Waals surface area (Å²) in [5.74, 6) is -0.425. The lowest BCUT2D eigenvalue weighted by Crippen LogP contribution is -2.58. The molecule has 0 bridgehead atoms. The number of hydrogen-bond acceptors (Lipinski definition) is 8. The fourth-order valence-electron chi connectivity index (χ4n) is 4.73. The van der Waals surface area contributed by atoms with Gasteiger partial charge in [0.05, 0.1) is 19.0 Å². The smallest absolute Gasteiger partial charge is 0.228 e. The number of ether oxygens (including phenoxy) is 2. The summed E-state index contributed by atoms with van der Waals surface area (Å²) in [4.78, 5) is 12.7. The molecule has 164 valence electrons. The molecular weight excluding hydrogens is 380 g/mol. The van der Waals surface area contributed by atoms with Crippen molar-refractivity contribution in [3.63, 3.8) is 0 Å². The van der Waals surface area contributed by atoms with Crippen LogP contribution in [0.3, 0.4) is 0 Å². The van der Waals surface area contributed by atoms with Gasteiger partial charge in [0.2, 0.25) is 6.29 Å². The van der Waals surface area contributed by atoms with E-state index in [1.165, 1.54) is 6.26 Å². The van der Waals surface area contributed by atoms with E-state index in [2.05, 4.69) is 6.92 Å². The van der Waals surface area contributed by atoms with E-state index in [1.54, 1.807) is 13.0 Å². The molecule has 0 radical (unpaired) electrons. The SMILES string of the molecule is C/C(=C\O[C@@H]1O[C@H](CO)[C@@H](O)[C@H](O)[C@H]1O)[C@@H]1C[C@@]2(C)C(=CC1=O)CC[C@@H](O)[C@@H]2C. The largest absolute Gasteiger partial charge is 0.470 e. The number of aliphatic hydroxyl groups excluding tert-OH is 5. The quantitative estimate of drug-likeness (QED) is 0.408. The number of fused-ring (bicyclic) bond motifs is 1. The Balaban J connectivity index is 1.74. The lowest BCUT2D eigenvalue weighted by molar-refractivity contribution is -0.288. The molecule has 0 amide bonds. The minimum absolute atomic E-state index is 0.0211. The lowest BCUT2D eigenvalue weighted by Gasteiger charge is -2.48. The first-order valence-electron chi connectivity index (χ1n) is 10.2. The van der Waals surface area contributed by atoms with Crippen molar-refractivity contribution in [2.75, 3.05) is 6.61 Å². The van der Waals surface area contributed by atoms with E-state index in [0.717, 1.165) is 5.57 Å². The Labute approximate surface area is 170 Å². The fraction of sp³-hybridized carbons (Fsp3) is 0.762. The van der Waals surface area contributed by atoms with Gasteiger partial charge in [0.1, 0.15) is 24.4 Å². The van der Waals surface area contributed by atoms with Gasteiger partial charge in [-0.2, -0.15) is 0 Å². The van der Waals surface area contributed by atoms with Crippen molar-refractivity contribution in [2.45, 2.75) is 76.8 Å². The minimum atomic E-state index is -1.52. The van der Waals surface area contributed by atoms with Gasteiger partial charge in [-0.1, -0.05) is 19.4 Å². The topological polar surface area (TPSA) is 137 Å². The van der Waals surface area contributed by atoms with Crippen molar-refractivity contribution in [3.05, 3.63) is 23.5 Å². The van der Waals surface area contributed by atoms with Crippen LogP contribution in [0.15, 0.2) is 23.5 Å². The Hall–Kier alpha value is -1.29. The Bertz CT molecular complexity index is 686. The molecule has 0 aromatic rings. The first kappa shape index (κ1) is 22.4. The summed E-state index contributed by atoms with van der Waals surface area (Å²) in [7, 11) is 0. The number of rotatable bonds is 4.